The molecule has 9 aliphatic rings. The van der Waals surface area contributed by atoms with Crippen molar-refractivity contribution in [3.05, 3.63) is 0 Å². The van der Waals surface area contributed by atoms with Crippen LogP contribution in [0.1, 0.15) is 145 Å². The standard InChI is InChI=1S/C38H66P2/c1-24-9-32(23-40(34(3,4)5)35(6,7)8)33(10-25(24)2)38(39,36-17-26-11-27(18-36)13-28(12-26)19-36)37-20-29-14-30(21-37)16-31(15-29)22-37/h24-33H,9-23,39H2,1-8H3. The summed E-state index contributed by atoms with van der Waals surface area (Å²) in [7, 11) is 3.97. The summed E-state index contributed by atoms with van der Waals surface area (Å²) < 4.78 is 0. The minimum Gasteiger partial charge on any atom is -0.130 e. The first-order valence-corrected chi connectivity index (χ1v) is 20.3. The van der Waals surface area contributed by atoms with Crippen LogP contribution in [0.4, 0.5) is 0 Å². The predicted octanol–water partition coefficient (Wildman–Crippen LogP) is 11.4. The quantitative estimate of drug-likeness (QED) is 0.282. The molecule has 0 aromatic rings. The molecule has 0 amide bonds. The fourth-order valence-corrected chi connectivity index (χ4v) is 19.9. The third-order valence-electron chi connectivity index (χ3n) is 15.3. The lowest BCUT2D eigenvalue weighted by molar-refractivity contribution is -0.181. The molecule has 9 aliphatic carbocycles. The van der Waals surface area contributed by atoms with Crippen LogP contribution >= 0.6 is 17.2 Å². The molecule has 8 bridgehead atoms. The molecule has 0 aliphatic heterocycles. The molecule has 2 heteroatoms. The van der Waals surface area contributed by atoms with Gasteiger partial charge in [0.1, 0.15) is 0 Å². The number of hydrogen-bond acceptors (Lipinski definition) is 0. The maximum atomic E-state index is 4.02. The monoisotopic (exact) mass is 584 g/mol. The van der Waals surface area contributed by atoms with Gasteiger partial charge in [-0.25, -0.2) is 0 Å². The van der Waals surface area contributed by atoms with Crippen molar-refractivity contribution in [2.45, 2.75) is 161 Å². The van der Waals surface area contributed by atoms with E-state index in [0.717, 1.165) is 59.2 Å². The lowest BCUT2D eigenvalue weighted by atomic mass is 9.35. The fraction of sp³-hybridized carbons (Fsp3) is 1.00. The second-order valence-electron chi connectivity index (χ2n) is 20.0. The summed E-state index contributed by atoms with van der Waals surface area (Å²) in [4.78, 5) is 0. The summed E-state index contributed by atoms with van der Waals surface area (Å²) in [5.74, 6) is 10.1. The van der Waals surface area contributed by atoms with Gasteiger partial charge in [0.2, 0.25) is 0 Å². The smallest absolute Gasteiger partial charge is 0.000630 e. The van der Waals surface area contributed by atoms with Crippen molar-refractivity contribution in [2.24, 2.45) is 70.0 Å². The van der Waals surface area contributed by atoms with E-state index in [9.17, 15) is 0 Å². The molecular weight excluding hydrogens is 518 g/mol. The van der Waals surface area contributed by atoms with Gasteiger partial charge in [0.15, 0.2) is 0 Å². The van der Waals surface area contributed by atoms with Gasteiger partial charge in [0.25, 0.3) is 0 Å². The Morgan fingerprint density at radius 3 is 1.20 bits per heavy atom. The van der Waals surface area contributed by atoms with Gasteiger partial charge < -0.3 is 0 Å². The predicted molar refractivity (Wildman–Crippen MR) is 179 cm³/mol. The minimum absolute atomic E-state index is 0.0483. The normalized spacial score (nSPS) is 51.5. The second-order valence-corrected chi connectivity index (χ2v) is 24.8. The third kappa shape index (κ3) is 4.53. The van der Waals surface area contributed by atoms with Crippen LogP contribution in [0.3, 0.4) is 0 Å². The van der Waals surface area contributed by atoms with Crippen molar-refractivity contribution in [3.63, 3.8) is 0 Å². The van der Waals surface area contributed by atoms with E-state index in [-0.39, 0.29) is 7.92 Å². The number of hydrogen-bond donors (Lipinski definition) is 0. The summed E-state index contributed by atoms with van der Waals surface area (Å²) in [6, 6.07) is 0. The van der Waals surface area contributed by atoms with Crippen molar-refractivity contribution in [3.8, 4) is 0 Å². The molecule has 0 nitrogen and oxygen atoms in total. The van der Waals surface area contributed by atoms with Crippen molar-refractivity contribution in [1.29, 1.82) is 0 Å². The Bertz CT molecular complexity index is 834. The Morgan fingerprint density at radius 1 is 0.550 bits per heavy atom. The molecule has 0 radical (unpaired) electrons. The van der Waals surface area contributed by atoms with Gasteiger partial charge in [-0.3, -0.25) is 0 Å². The Kier molecular flexibility index (Phi) is 7.15. The molecule has 5 unspecified atom stereocenters. The molecule has 0 spiro atoms. The van der Waals surface area contributed by atoms with Crippen LogP contribution < -0.4 is 0 Å². The minimum atomic E-state index is -0.0483. The topological polar surface area (TPSA) is 0 Å². The summed E-state index contributed by atoms with van der Waals surface area (Å²) in [6.07, 6.45) is 23.9. The second kappa shape index (κ2) is 9.68. The highest BCUT2D eigenvalue weighted by atomic mass is 31.1. The Morgan fingerprint density at radius 2 is 0.875 bits per heavy atom. The first-order chi connectivity index (χ1) is 18.6. The van der Waals surface area contributed by atoms with E-state index in [4.69, 9.17) is 0 Å². The number of rotatable bonds is 5. The Labute approximate surface area is 253 Å². The highest BCUT2D eigenvalue weighted by Gasteiger charge is 2.71. The van der Waals surface area contributed by atoms with E-state index >= 15 is 0 Å². The van der Waals surface area contributed by atoms with E-state index in [1.807, 2.05) is 0 Å². The van der Waals surface area contributed by atoms with Gasteiger partial charge in [-0.15, -0.1) is 9.24 Å². The van der Waals surface area contributed by atoms with Crippen LogP contribution in [0.2, 0.25) is 0 Å². The van der Waals surface area contributed by atoms with Gasteiger partial charge in [-0.2, -0.15) is 0 Å². The van der Waals surface area contributed by atoms with Crippen LogP contribution in [0.25, 0.3) is 0 Å². The van der Waals surface area contributed by atoms with E-state index in [1.54, 1.807) is 83.2 Å². The summed E-state index contributed by atoms with van der Waals surface area (Å²) in [5, 5.41) is 1.37. The van der Waals surface area contributed by atoms with Gasteiger partial charge in [0.05, 0.1) is 0 Å². The van der Waals surface area contributed by atoms with Gasteiger partial charge in [-0.1, -0.05) is 63.3 Å². The van der Waals surface area contributed by atoms with E-state index in [1.165, 1.54) is 12.8 Å². The molecule has 40 heavy (non-hydrogen) atoms. The van der Waals surface area contributed by atoms with Gasteiger partial charge in [0, 0.05) is 0 Å². The van der Waals surface area contributed by atoms with Crippen LogP contribution in [0, 0.1) is 70.0 Å². The average molecular weight is 585 g/mol. The molecule has 9 fully saturated rings. The highest BCUT2D eigenvalue weighted by molar-refractivity contribution is 7.60. The molecule has 9 saturated carbocycles. The van der Waals surface area contributed by atoms with Crippen molar-refractivity contribution in [2.75, 3.05) is 6.16 Å². The first-order valence-electron chi connectivity index (χ1n) is 18.2. The molecule has 0 N–H and O–H groups in total. The van der Waals surface area contributed by atoms with Crippen molar-refractivity contribution in [1.82, 2.24) is 0 Å². The zero-order valence-corrected chi connectivity index (χ0v) is 30.0. The summed E-state index contributed by atoms with van der Waals surface area (Å²) >= 11 is 0. The van der Waals surface area contributed by atoms with Gasteiger partial charge in [-0.05, 0) is 182 Å². The average Bonchev–Trinajstić information content (AvgIpc) is 2.80. The summed E-state index contributed by atoms with van der Waals surface area (Å²) in [5.41, 5.74) is 1.26. The zero-order valence-electron chi connectivity index (χ0n) is 27.9. The first kappa shape index (κ1) is 29.6. The third-order valence-corrected chi connectivity index (χ3v) is 21.0. The maximum absolute atomic E-state index is 4.02. The molecule has 9 rings (SSSR count). The van der Waals surface area contributed by atoms with Crippen LogP contribution in [0.15, 0.2) is 0 Å². The Balaban J connectivity index is 1.36. The van der Waals surface area contributed by atoms with Crippen molar-refractivity contribution < 1.29 is 0 Å². The highest BCUT2D eigenvalue weighted by Crippen LogP contribution is 2.78. The van der Waals surface area contributed by atoms with E-state index < -0.39 is 0 Å². The summed E-state index contributed by atoms with van der Waals surface area (Å²) in [6.45, 7) is 20.9. The zero-order chi connectivity index (χ0) is 28.5. The molecule has 0 aromatic carbocycles. The lowest BCUT2D eigenvalue weighted by Crippen LogP contribution is -2.70. The van der Waals surface area contributed by atoms with Crippen molar-refractivity contribution >= 4 is 17.2 Å². The fourth-order valence-electron chi connectivity index (χ4n) is 14.8. The molecule has 0 aromatic heterocycles. The van der Waals surface area contributed by atoms with Crippen LogP contribution in [-0.2, 0) is 0 Å². The Hall–Kier alpha value is 0.860. The van der Waals surface area contributed by atoms with E-state index in [0.29, 0.717) is 26.3 Å². The van der Waals surface area contributed by atoms with Crippen LogP contribution in [0.5, 0.6) is 0 Å². The lowest BCUT2D eigenvalue weighted by Gasteiger charge is -2.75. The van der Waals surface area contributed by atoms with E-state index in [2.05, 4.69) is 64.6 Å². The largest absolute Gasteiger partial charge is 0.130 e. The van der Waals surface area contributed by atoms with Crippen LogP contribution in [-0.4, -0.2) is 21.6 Å². The molecule has 5 atom stereocenters. The molecule has 0 saturated heterocycles. The van der Waals surface area contributed by atoms with Gasteiger partial charge >= 0.3 is 0 Å². The molecular formula is C38H66P2. The molecule has 228 valence electrons. The maximum Gasteiger partial charge on any atom is -0.000630 e. The SMILES string of the molecule is CC1CC(CP(C(C)(C)C)C(C)(C)C)C(C(P)(C23CC4CC(CC(C4)C2)C3)C23CC4CC(CC(C4)C2)C3)CC1C. The molecule has 0 heterocycles.